The highest BCUT2D eigenvalue weighted by Gasteiger charge is 2.05. The number of hydrogen-bond acceptors (Lipinski definition) is 4. The van der Waals surface area contributed by atoms with E-state index in [1.165, 1.54) is 0 Å². The molecule has 0 aromatic heterocycles. The zero-order chi connectivity index (χ0) is 12.2. The first-order valence-electron chi connectivity index (χ1n) is 6.26. The molecule has 0 fully saturated rings. The van der Waals surface area contributed by atoms with Crippen molar-refractivity contribution in [1.29, 1.82) is 0 Å². The van der Waals surface area contributed by atoms with Gasteiger partial charge in [0.2, 0.25) is 0 Å². The van der Waals surface area contributed by atoms with Crippen molar-refractivity contribution in [1.82, 2.24) is 0 Å². The van der Waals surface area contributed by atoms with Crippen LogP contribution in [0.2, 0.25) is 0 Å². The maximum atomic E-state index is 5.64. The molecular formula is C12H28N2O2. The van der Waals surface area contributed by atoms with Crippen LogP contribution in [0.1, 0.15) is 26.7 Å². The Bertz CT molecular complexity index is 143. The highest BCUT2D eigenvalue weighted by atomic mass is 16.5. The summed E-state index contributed by atoms with van der Waals surface area (Å²) >= 11 is 0. The van der Waals surface area contributed by atoms with Crippen LogP contribution in [0, 0.1) is 11.8 Å². The Morgan fingerprint density at radius 3 is 2.12 bits per heavy atom. The summed E-state index contributed by atoms with van der Waals surface area (Å²) in [5.41, 5.74) is 11.1. The monoisotopic (exact) mass is 232 g/mol. The van der Waals surface area contributed by atoms with E-state index >= 15 is 0 Å². The summed E-state index contributed by atoms with van der Waals surface area (Å²) in [6.07, 6.45) is 2.08. The van der Waals surface area contributed by atoms with Crippen molar-refractivity contribution in [2.45, 2.75) is 26.7 Å². The van der Waals surface area contributed by atoms with Crippen molar-refractivity contribution in [3.63, 3.8) is 0 Å². The zero-order valence-electron chi connectivity index (χ0n) is 10.8. The van der Waals surface area contributed by atoms with Gasteiger partial charge in [-0.1, -0.05) is 13.8 Å². The summed E-state index contributed by atoms with van der Waals surface area (Å²) in [7, 11) is 0. The standard InChI is InChI=1S/C12H28N2O2/c1-11(2)9-15-6-7-16-10-12(8-14)4-3-5-13/h11-12H,3-10,13-14H2,1-2H3. The molecule has 0 heterocycles. The maximum Gasteiger partial charge on any atom is 0.0700 e. The third-order valence-corrected chi connectivity index (χ3v) is 2.33. The minimum absolute atomic E-state index is 0.439. The molecule has 0 amide bonds. The summed E-state index contributed by atoms with van der Waals surface area (Å²) in [6.45, 7) is 8.54. The van der Waals surface area contributed by atoms with Gasteiger partial charge in [0.25, 0.3) is 0 Å². The Kier molecular flexibility index (Phi) is 11.2. The molecule has 0 aliphatic heterocycles. The fourth-order valence-corrected chi connectivity index (χ4v) is 1.36. The Morgan fingerprint density at radius 2 is 1.62 bits per heavy atom. The predicted octanol–water partition coefficient (Wildman–Crippen LogP) is 0.989. The number of hydrogen-bond donors (Lipinski definition) is 2. The molecule has 0 aliphatic rings. The Balaban J connectivity index is 3.27. The van der Waals surface area contributed by atoms with Crippen LogP contribution in [-0.2, 0) is 9.47 Å². The van der Waals surface area contributed by atoms with E-state index in [4.69, 9.17) is 20.9 Å². The first kappa shape index (κ1) is 15.8. The van der Waals surface area contributed by atoms with Gasteiger partial charge in [-0.05, 0) is 37.8 Å². The van der Waals surface area contributed by atoms with E-state index in [1.807, 2.05) is 0 Å². The first-order valence-corrected chi connectivity index (χ1v) is 6.26. The molecule has 4 N–H and O–H groups in total. The fraction of sp³-hybridized carbons (Fsp3) is 1.00. The van der Waals surface area contributed by atoms with Gasteiger partial charge >= 0.3 is 0 Å². The van der Waals surface area contributed by atoms with Crippen molar-refractivity contribution in [3.05, 3.63) is 0 Å². The van der Waals surface area contributed by atoms with E-state index in [0.29, 0.717) is 31.6 Å². The van der Waals surface area contributed by atoms with Gasteiger partial charge in [-0.2, -0.15) is 0 Å². The van der Waals surface area contributed by atoms with Gasteiger partial charge in [0.05, 0.1) is 19.8 Å². The molecule has 1 unspecified atom stereocenters. The normalized spacial score (nSPS) is 13.3. The van der Waals surface area contributed by atoms with Crippen LogP contribution in [0.5, 0.6) is 0 Å². The number of ether oxygens (including phenoxy) is 2. The molecule has 16 heavy (non-hydrogen) atoms. The predicted molar refractivity (Wildman–Crippen MR) is 67.3 cm³/mol. The third-order valence-electron chi connectivity index (χ3n) is 2.33. The van der Waals surface area contributed by atoms with Crippen LogP contribution >= 0.6 is 0 Å². The summed E-state index contributed by atoms with van der Waals surface area (Å²) in [4.78, 5) is 0. The lowest BCUT2D eigenvalue weighted by atomic mass is 10.1. The summed E-state index contributed by atoms with van der Waals surface area (Å²) in [5, 5.41) is 0. The van der Waals surface area contributed by atoms with Gasteiger partial charge in [-0.25, -0.2) is 0 Å². The molecule has 0 radical (unpaired) electrons. The summed E-state index contributed by atoms with van der Waals surface area (Å²) in [5.74, 6) is 1.02. The summed E-state index contributed by atoms with van der Waals surface area (Å²) in [6, 6.07) is 0. The van der Waals surface area contributed by atoms with Gasteiger partial charge in [0, 0.05) is 6.61 Å². The second-order valence-corrected chi connectivity index (χ2v) is 4.58. The fourth-order valence-electron chi connectivity index (χ4n) is 1.36. The molecule has 0 saturated heterocycles. The average Bonchev–Trinajstić information content (AvgIpc) is 2.26. The topological polar surface area (TPSA) is 70.5 Å². The smallest absolute Gasteiger partial charge is 0.0700 e. The lowest BCUT2D eigenvalue weighted by Gasteiger charge is -2.14. The lowest BCUT2D eigenvalue weighted by Crippen LogP contribution is -2.22. The van der Waals surface area contributed by atoms with Crippen LogP contribution in [0.4, 0.5) is 0 Å². The molecule has 0 aromatic rings. The van der Waals surface area contributed by atoms with Gasteiger partial charge < -0.3 is 20.9 Å². The van der Waals surface area contributed by atoms with Gasteiger partial charge in [0.15, 0.2) is 0 Å². The Labute approximate surface area is 99.7 Å². The molecule has 0 rings (SSSR count). The minimum Gasteiger partial charge on any atom is -0.379 e. The van der Waals surface area contributed by atoms with E-state index in [-0.39, 0.29) is 0 Å². The molecule has 0 saturated carbocycles. The molecule has 4 nitrogen and oxygen atoms in total. The molecule has 0 aliphatic carbocycles. The van der Waals surface area contributed by atoms with Gasteiger partial charge in [0.1, 0.15) is 0 Å². The minimum atomic E-state index is 0.439. The van der Waals surface area contributed by atoms with Crippen LogP contribution in [0.15, 0.2) is 0 Å². The van der Waals surface area contributed by atoms with Crippen molar-refractivity contribution in [2.24, 2.45) is 23.3 Å². The largest absolute Gasteiger partial charge is 0.379 e. The number of nitrogens with two attached hydrogens (primary N) is 2. The van der Waals surface area contributed by atoms with Crippen LogP contribution in [0.25, 0.3) is 0 Å². The van der Waals surface area contributed by atoms with Crippen LogP contribution in [0.3, 0.4) is 0 Å². The van der Waals surface area contributed by atoms with Gasteiger partial charge in [-0.15, -0.1) is 0 Å². The van der Waals surface area contributed by atoms with Gasteiger partial charge in [-0.3, -0.25) is 0 Å². The van der Waals surface area contributed by atoms with Crippen LogP contribution < -0.4 is 11.5 Å². The molecule has 0 spiro atoms. The highest BCUT2D eigenvalue weighted by molar-refractivity contribution is 4.59. The molecular weight excluding hydrogens is 204 g/mol. The van der Waals surface area contributed by atoms with Crippen molar-refractivity contribution in [2.75, 3.05) is 39.5 Å². The Morgan fingerprint density at radius 1 is 1.00 bits per heavy atom. The van der Waals surface area contributed by atoms with E-state index < -0.39 is 0 Å². The molecule has 4 heteroatoms. The summed E-state index contributed by atoms with van der Waals surface area (Å²) < 4.78 is 10.9. The zero-order valence-corrected chi connectivity index (χ0v) is 10.8. The molecule has 0 bridgehead atoms. The van der Waals surface area contributed by atoms with E-state index in [1.54, 1.807) is 0 Å². The van der Waals surface area contributed by atoms with Crippen molar-refractivity contribution in [3.8, 4) is 0 Å². The van der Waals surface area contributed by atoms with E-state index in [0.717, 1.165) is 32.6 Å². The van der Waals surface area contributed by atoms with Crippen molar-refractivity contribution < 1.29 is 9.47 Å². The van der Waals surface area contributed by atoms with E-state index in [2.05, 4.69) is 13.8 Å². The quantitative estimate of drug-likeness (QED) is 0.521. The maximum absolute atomic E-state index is 5.64. The molecule has 0 aromatic carbocycles. The number of rotatable bonds is 11. The average molecular weight is 232 g/mol. The second kappa shape index (κ2) is 11.3. The highest BCUT2D eigenvalue weighted by Crippen LogP contribution is 2.04. The first-order chi connectivity index (χ1) is 7.70. The third kappa shape index (κ3) is 10.4. The lowest BCUT2D eigenvalue weighted by molar-refractivity contribution is 0.0252. The van der Waals surface area contributed by atoms with E-state index in [9.17, 15) is 0 Å². The molecule has 98 valence electrons. The van der Waals surface area contributed by atoms with Crippen molar-refractivity contribution >= 4 is 0 Å². The Hall–Kier alpha value is -0.160. The second-order valence-electron chi connectivity index (χ2n) is 4.58. The SMILES string of the molecule is CC(C)COCCOCC(CN)CCCN. The molecule has 1 atom stereocenters. The van der Waals surface area contributed by atoms with Crippen LogP contribution in [-0.4, -0.2) is 39.5 Å².